The normalized spacial score (nSPS) is 10.7. The Morgan fingerprint density at radius 2 is 2.20 bits per heavy atom. The van der Waals surface area contributed by atoms with Crippen LogP contribution in [0.2, 0.25) is 0 Å². The number of aromatic amines is 1. The van der Waals surface area contributed by atoms with Crippen LogP contribution in [-0.2, 0) is 6.54 Å². The summed E-state index contributed by atoms with van der Waals surface area (Å²) in [5.41, 5.74) is 1.48. The zero-order valence-electron chi connectivity index (χ0n) is 10.8. The van der Waals surface area contributed by atoms with E-state index in [9.17, 15) is 4.39 Å². The summed E-state index contributed by atoms with van der Waals surface area (Å²) in [6.07, 6.45) is 1.66. The molecule has 102 valence electrons. The summed E-state index contributed by atoms with van der Waals surface area (Å²) in [5, 5.41) is 13.6. The summed E-state index contributed by atoms with van der Waals surface area (Å²) in [4.78, 5) is 8.59. The average Bonchev–Trinajstić information content (AvgIpc) is 2.93. The highest BCUT2D eigenvalue weighted by molar-refractivity contribution is 5.86. The Labute approximate surface area is 114 Å². The maximum absolute atomic E-state index is 13.1. The van der Waals surface area contributed by atoms with Gasteiger partial charge in [0.05, 0.1) is 11.6 Å². The summed E-state index contributed by atoms with van der Waals surface area (Å²) in [7, 11) is 1.74. The van der Waals surface area contributed by atoms with Gasteiger partial charge >= 0.3 is 0 Å². The zero-order chi connectivity index (χ0) is 13.9. The summed E-state index contributed by atoms with van der Waals surface area (Å²) in [6, 6.07) is 6.43. The van der Waals surface area contributed by atoms with E-state index in [-0.39, 0.29) is 5.82 Å². The maximum atomic E-state index is 13.1. The average molecular weight is 272 g/mol. The third-order valence-electron chi connectivity index (χ3n) is 2.88. The molecular weight excluding hydrogens is 259 g/mol. The molecule has 0 atom stereocenters. The number of rotatable bonds is 4. The lowest BCUT2D eigenvalue weighted by Crippen LogP contribution is -2.05. The summed E-state index contributed by atoms with van der Waals surface area (Å²) >= 11 is 0. The molecule has 2 heterocycles. The van der Waals surface area contributed by atoms with Gasteiger partial charge in [-0.2, -0.15) is 15.1 Å². The molecule has 0 saturated heterocycles. The predicted octanol–water partition coefficient (Wildman–Crippen LogP) is 2.15. The molecule has 7 heteroatoms. The van der Waals surface area contributed by atoms with Crippen LogP contribution < -0.4 is 10.6 Å². The number of aromatic nitrogens is 4. The van der Waals surface area contributed by atoms with Crippen LogP contribution in [0.4, 0.5) is 16.2 Å². The molecule has 0 fully saturated rings. The monoisotopic (exact) mass is 272 g/mol. The molecule has 3 rings (SSSR count). The van der Waals surface area contributed by atoms with E-state index in [0.717, 1.165) is 10.9 Å². The Morgan fingerprint density at radius 3 is 3.00 bits per heavy atom. The van der Waals surface area contributed by atoms with E-state index in [1.165, 1.54) is 12.1 Å². The molecule has 2 aromatic heterocycles. The van der Waals surface area contributed by atoms with Gasteiger partial charge in [-0.15, -0.1) is 0 Å². The molecule has 0 radical (unpaired) electrons. The lowest BCUT2D eigenvalue weighted by Gasteiger charge is -2.08. The molecule has 0 bridgehead atoms. The zero-order valence-corrected chi connectivity index (χ0v) is 10.8. The Hall–Kier alpha value is -2.70. The predicted molar refractivity (Wildman–Crippen MR) is 75.0 cm³/mol. The smallest absolute Gasteiger partial charge is 0.226 e. The number of nitrogens with one attached hydrogen (secondary N) is 3. The van der Waals surface area contributed by atoms with Crippen LogP contribution in [0, 0.1) is 5.82 Å². The molecule has 1 aromatic carbocycles. The fourth-order valence-corrected chi connectivity index (χ4v) is 1.91. The minimum atomic E-state index is -0.253. The van der Waals surface area contributed by atoms with E-state index in [0.29, 0.717) is 24.0 Å². The fraction of sp³-hybridized carbons (Fsp3) is 0.154. The van der Waals surface area contributed by atoms with Gasteiger partial charge in [-0.3, -0.25) is 5.10 Å². The van der Waals surface area contributed by atoms with E-state index >= 15 is 0 Å². The van der Waals surface area contributed by atoms with Crippen molar-refractivity contribution in [3.63, 3.8) is 0 Å². The SMILES string of the molecule is CNc1nc(NCc2cccc(F)c2)c2cn[nH]c2n1. The Balaban J connectivity index is 1.88. The third kappa shape index (κ3) is 2.37. The molecule has 3 N–H and O–H groups in total. The Morgan fingerprint density at radius 1 is 1.30 bits per heavy atom. The van der Waals surface area contributed by atoms with Crippen molar-refractivity contribution in [1.82, 2.24) is 20.2 Å². The number of fused-ring (bicyclic) bond motifs is 1. The van der Waals surface area contributed by atoms with Crippen LogP contribution >= 0.6 is 0 Å². The number of nitrogens with zero attached hydrogens (tertiary/aromatic N) is 3. The molecular formula is C13H13FN6. The quantitative estimate of drug-likeness (QED) is 0.678. The first-order valence-corrected chi connectivity index (χ1v) is 6.13. The van der Waals surface area contributed by atoms with Crippen LogP contribution in [0.15, 0.2) is 30.5 Å². The van der Waals surface area contributed by atoms with Gasteiger partial charge in [0.1, 0.15) is 11.6 Å². The molecule has 0 saturated carbocycles. The maximum Gasteiger partial charge on any atom is 0.226 e. The number of hydrogen-bond acceptors (Lipinski definition) is 5. The van der Waals surface area contributed by atoms with E-state index in [1.54, 1.807) is 19.3 Å². The van der Waals surface area contributed by atoms with E-state index in [1.807, 2.05) is 6.07 Å². The molecule has 6 nitrogen and oxygen atoms in total. The van der Waals surface area contributed by atoms with Crippen molar-refractivity contribution in [3.8, 4) is 0 Å². The second-order valence-electron chi connectivity index (χ2n) is 4.26. The van der Waals surface area contributed by atoms with Crippen molar-refractivity contribution in [3.05, 3.63) is 41.8 Å². The molecule has 0 unspecified atom stereocenters. The largest absolute Gasteiger partial charge is 0.365 e. The third-order valence-corrected chi connectivity index (χ3v) is 2.88. The van der Waals surface area contributed by atoms with Crippen LogP contribution in [0.3, 0.4) is 0 Å². The highest BCUT2D eigenvalue weighted by atomic mass is 19.1. The highest BCUT2D eigenvalue weighted by Gasteiger charge is 2.08. The van der Waals surface area contributed by atoms with Crippen LogP contribution in [-0.4, -0.2) is 27.2 Å². The molecule has 0 aliphatic rings. The van der Waals surface area contributed by atoms with Crippen molar-refractivity contribution >= 4 is 22.8 Å². The van der Waals surface area contributed by atoms with Crippen molar-refractivity contribution in [2.24, 2.45) is 0 Å². The lowest BCUT2D eigenvalue weighted by atomic mass is 10.2. The van der Waals surface area contributed by atoms with Gasteiger partial charge < -0.3 is 10.6 Å². The second kappa shape index (κ2) is 5.12. The Kier molecular flexibility index (Phi) is 3.16. The van der Waals surface area contributed by atoms with Crippen molar-refractivity contribution in [2.45, 2.75) is 6.54 Å². The Bertz CT molecular complexity index is 739. The number of anilines is 2. The number of H-pyrrole nitrogens is 1. The number of hydrogen-bond donors (Lipinski definition) is 3. The first-order chi connectivity index (χ1) is 9.76. The molecule has 0 aliphatic heterocycles. The van der Waals surface area contributed by atoms with Crippen molar-refractivity contribution in [2.75, 3.05) is 17.7 Å². The van der Waals surface area contributed by atoms with Gasteiger partial charge in [0.2, 0.25) is 5.95 Å². The second-order valence-corrected chi connectivity index (χ2v) is 4.26. The van der Waals surface area contributed by atoms with Crippen LogP contribution in [0.25, 0.3) is 11.0 Å². The van der Waals surface area contributed by atoms with Gasteiger partial charge in [-0.1, -0.05) is 12.1 Å². The van der Waals surface area contributed by atoms with E-state index in [2.05, 4.69) is 30.8 Å². The van der Waals surface area contributed by atoms with Gasteiger partial charge in [-0.25, -0.2) is 4.39 Å². The van der Waals surface area contributed by atoms with E-state index in [4.69, 9.17) is 0 Å². The fourth-order valence-electron chi connectivity index (χ4n) is 1.91. The lowest BCUT2D eigenvalue weighted by molar-refractivity contribution is 0.626. The minimum Gasteiger partial charge on any atom is -0.365 e. The van der Waals surface area contributed by atoms with Gasteiger partial charge in [0.15, 0.2) is 5.65 Å². The summed E-state index contributed by atoms with van der Waals surface area (Å²) < 4.78 is 13.1. The molecule has 0 spiro atoms. The van der Waals surface area contributed by atoms with Gasteiger partial charge in [0, 0.05) is 13.6 Å². The first kappa shape index (κ1) is 12.3. The molecule has 0 aliphatic carbocycles. The molecule has 0 amide bonds. The summed E-state index contributed by atoms with van der Waals surface area (Å²) in [5.74, 6) is 0.886. The first-order valence-electron chi connectivity index (χ1n) is 6.13. The van der Waals surface area contributed by atoms with Crippen molar-refractivity contribution < 1.29 is 4.39 Å². The molecule has 20 heavy (non-hydrogen) atoms. The minimum absolute atomic E-state index is 0.253. The highest BCUT2D eigenvalue weighted by Crippen LogP contribution is 2.20. The van der Waals surface area contributed by atoms with Crippen molar-refractivity contribution in [1.29, 1.82) is 0 Å². The van der Waals surface area contributed by atoms with Crippen LogP contribution in [0.5, 0.6) is 0 Å². The topological polar surface area (TPSA) is 78.5 Å². The van der Waals surface area contributed by atoms with Gasteiger partial charge in [0.25, 0.3) is 0 Å². The standard InChI is InChI=1S/C13H13FN6/c1-15-13-18-11(10-7-17-20-12(10)19-13)16-6-8-3-2-4-9(14)5-8/h2-5,7H,6H2,1H3,(H3,15,16,17,18,19,20). The summed E-state index contributed by atoms with van der Waals surface area (Å²) in [6.45, 7) is 0.470. The number of halogens is 1. The van der Waals surface area contributed by atoms with Gasteiger partial charge in [-0.05, 0) is 17.7 Å². The van der Waals surface area contributed by atoms with Crippen LogP contribution in [0.1, 0.15) is 5.56 Å². The number of benzene rings is 1. The molecule has 3 aromatic rings. The van der Waals surface area contributed by atoms with E-state index < -0.39 is 0 Å².